The molecular weight excluding hydrogens is 787 g/mol. The van der Waals surface area contributed by atoms with Crippen LogP contribution in [0.15, 0.2) is 29.8 Å². The summed E-state index contributed by atoms with van der Waals surface area (Å²) in [5.74, 6) is 4.64. The van der Waals surface area contributed by atoms with Gasteiger partial charge in [-0.15, -0.1) is 0 Å². The van der Waals surface area contributed by atoms with Crippen molar-refractivity contribution in [1.82, 2.24) is 21.3 Å². The van der Waals surface area contributed by atoms with Gasteiger partial charge in [0, 0.05) is 57.5 Å². The van der Waals surface area contributed by atoms with Gasteiger partial charge in [0.05, 0.1) is 15.9 Å². The van der Waals surface area contributed by atoms with Crippen molar-refractivity contribution in [3.05, 3.63) is 50.1 Å². The molecule has 4 unspecified atom stereocenters. The van der Waals surface area contributed by atoms with Crippen LogP contribution in [0.4, 0.5) is 17.1 Å². The fourth-order valence-corrected chi connectivity index (χ4v) is 12.1. The van der Waals surface area contributed by atoms with Crippen LogP contribution in [0.3, 0.4) is 0 Å². The zero-order valence-electron chi connectivity index (χ0n) is 38.4. The summed E-state index contributed by atoms with van der Waals surface area (Å²) in [5, 5.41) is 37.4. The van der Waals surface area contributed by atoms with E-state index in [4.69, 9.17) is 0 Å². The Morgan fingerprint density at radius 3 is 2.15 bits per heavy atom. The number of carbonyl (C=O) groups excluding carboxylic acids is 3. The number of amides is 3. The van der Waals surface area contributed by atoms with Crippen molar-refractivity contribution in [2.75, 3.05) is 38.0 Å². The van der Waals surface area contributed by atoms with E-state index in [1.165, 1.54) is 76.3 Å². The van der Waals surface area contributed by atoms with E-state index in [0.29, 0.717) is 49.2 Å². The molecule has 4 aliphatic carbocycles. The highest BCUT2D eigenvalue weighted by Crippen LogP contribution is 2.67. The summed E-state index contributed by atoms with van der Waals surface area (Å²) >= 11 is 0. The molecule has 4 aliphatic rings. The largest absolute Gasteiger partial charge is 0.379 e. The maximum absolute atomic E-state index is 12.4. The van der Waals surface area contributed by atoms with Crippen molar-refractivity contribution in [3.8, 4) is 0 Å². The maximum atomic E-state index is 12.4. The third kappa shape index (κ3) is 13.0. The quantitative estimate of drug-likeness (QED) is 0.0276. The van der Waals surface area contributed by atoms with E-state index < -0.39 is 9.85 Å². The average Bonchev–Trinajstić information content (AvgIpc) is 3.59. The Balaban J connectivity index is 0.875. The van der Waals surface area contributed by atoms with Crippen LogP contribution in [0.5, 0.6) is 0 Å². The van der Waals surface area contributed by atoms with Gasteiger partial charge in [-0.25, -0.2) is 0 Å². The topological polar surface area (TPSA) is 198 Å². The van der Waals surface area contributed by atoms with Crippen LogP contribution in [0.1, 0.15) is 150 Å². The number of carbonyl (C=O) groups is 3. The second-order valence-electron chi connectivity index (χ2n) is 20.0. The van der Waals surface area contributed by atoms with Crippen LogP contribution in [-0.4, -0.2) is 66.3 Å². The lowest BCUT2D eigenvalue weighted by molar-refractivity contribution is -0.393. The lowest BCUT2D eigenvalue weighted by Gasteiger charge is -2.58. The number of allylic oxidation sites excluding steroid dienone is 1. The molecule has 14 heteroatoms. The molecule has 0 heterocycles. The third-order valence-corrected chi connectivity index (χ3v) is 15.5. The molecule has 0 radical (unpaired) electrons. The van der Waals surface area contributed by atoms with Crippen molar-refractivity contribution >= 4 is 34.8 Å². The smallest absolute Gasteiger partial charge is 0.299 e. The lowest BCUT2D eigenvalue weighted by atomic mass is 9.47. The van der Waals surface area contributed by atoms with Gasteiger partial charge in [0.2, 0.25) is 17.7 Å². The van der Waals surface area contributed by atoms with E-state index in [2.05, 4.69) is 67.3 Å². The number of nitro benzene ring substituents is 2. The molecule has 0 saturated heterocycles. The summed E-state index contributed by atoms with van der Waals surface area (Å²) in [6.45, 7) is 14.9. The van der Waals surface area contributed by atoms with Crippen LogP contribution in [0.2, 0.25) is 0 Å². The second-order valence-corrected chi connectivity index (χ2v) is 20.0. The first kappa shape index (κ1) is 49.0. The maximum Gasteiger partial charge on any atom is 0.299 e. The predicted octanol–water partition coefficient (Wildman–Crippen LogP) is 8.99. The lowest BCUT2D eigenvalue weighted by Crippen LogP contribution is -2.51. The molecule has 62 heavy (non-hydrogen) atoms. The monoisotopic (exact) mass is 864 g/mol. The van der Waals surface area contributed by atoms with Crippen LogP contribution in [-0.2, 0) is 14.4 Å². The molecule has 0 spiro atoms. The number of unbranched alkanes of at least 4 members (excludes halogenated alkanes) is 2. The Kier molecular flexibility index (Phi) is 18.2. The molecule has 8 atom stereocenters. The van der Waals surface area contributed by atoms with E-state index in [1.807, 2.05) is 0 Å². The highest BCUT2D eigenvalue weighted by Gasteiger charge is 2.59. The number of non-ortho nitro benzene ring substituents is 1. The number of anilines is 1. The summed E-state index contributed by atoms with van der Waals surface area (Å²) < 4.78 is 0. The zero-order chi connectivity index (χ0) is 44.9. The number of rotatable bonds is 25. The standard InChI is InChI=1S/C48H77N7O7/c1-33(2)11-9-12-34(3)39-17-18-40-38-16-14-35-31-36(20-24-47(35,4)41(38)21-25-48(39,40)5)49-27-10-28-51-45(57)22-30-53-46(58)23-29-52-44(56)13-7-6-8-26-50-42-19-15-37(54(59)60)32-43(42)55(61)62/h14-15,19,32-34,36,38-41,49-50H,6-13,16-18,20-31H2,1-5H3,(H,51,57)(H,52,56)(H,53,58)/t34?,36-,38?,39+,40?,41?,47-,48+/m0/s1. The van der Waals surface area contributed by atoms with Gasteiger partial charge in [-0.3, -0.25) is 34.6 Å². The van der Waals surface area contributed by atoms with Crippen LogP contribution < -0.4 is 26.6 Å². The van der Waals surface area contributed by atoms with Gasteiger partial charge in [-0.05, 0) is 130 Å². The third-order valence-electron chi connectivity index (χ3n) is 15.5. The molecular formula is C48H77N7O7. The van der Waals surface area contributed by atoms with Crippen LogP contribution >= 0.6 is 0 Å². The van der Waals surface area contributed by atoms with E-state index in [1.54, 1.807) is 5.57 Å². The minimum absolute atomic E-state index is 0.0899. The van der Waals surface area contributed by atoms with Crippen molar-refractivity contribution in [2.45, 2.75) is 156 Å². The van der Waals surface area contributed by atoms with E-state index in [0.717, 1.165) is 61.0 Å². The minimum Gasteiger partial charge on any atom is -0.379 e. The highest BCUT2D eigenvalue weighted by atomic mass is 16.6. The van der Waals surface area contributed by atoms with Gasteiger partial charge in [0.15, 0.2) is 0 Å². The molecule has 0 bridgehead atoms. The summed E-state index contributed by atoms with van der Waals surface area (Å²) in [6, 6.07) is 3.96. The molecule has 346 valence electrons. The SMILES string of the molecule is CC(C)CCCC(C)[C@H]1CCC2C3CC=C4C[C@@H](NCCCNC(=O)CCNC(=O)CCNC(=O)CCCCCNc5ccc([N+](=O)[O-])cc5[N+](=O)[O-])CC[C@]4(C)C3CC[C@@]21C. The van der Waals surface area contributed by atoms with E-state index in [9.17, 15) is 34.6 Å². The summed E-state index contributed by atoms with van der Waals surface area (Å²) in [7, 11) is 0. The van der Waals surface area contributed by atoms with Gasteiger partial charge in [0.1, 0.15) is 5.69 Å². The molecule has 3 fully saturated rings. The Hall–Kier alpha value is -4.07. The molecule has 5 rings (SSSR count). The van der Waals surface area contributed by atoms with E-state index in [-0.39, 0.29) is 67.1 Å². The fourth-order valence-electron chi connectivity index (χ4n) is 12.1. The fraction of sp³-hybridized carbons (Fsp3) is 0.771. The Morgan fingerprint density at radius 1 is 0.742 bits per heavy atom. The molecule has 14 nitrogen and oxygen atoms in total. The number of hydrogen-bond donors (Lipinski definition) is 5. The molecule has 0 aliphatic heterocycles. The minimum atomic E-state index is -0.678. The zero-order valence-corrected chi connectivity index (χ0v) is 38.4. The number of fused-ring (bicyclic) bond motifs is 5. The number of nitro groups is 2. The molecule has 1 aromatic carbocycles. The average molecular weight is 864 g/mol. The van der Waals surface area contributed by atoms with Crippen LogP contribution in [0, 0.1) is 66.6 Å². The van der Waals surface area contributed by atoms with E-state index >= 15 is 0 Å². The van der Waals surface area contributed by atoms with Gasteiger partial charge < -0.3 is 26.6 Å². The summed E-state index contributed by atoms with van der Waals surface area (Å²) in [5.41, 5.74) is 2.08. The van der Waals surface area contributed by atoms with Crippen molar-refractivity contribution < 1.29 is 24.2 Å². The summed E-state index contributed by atoms with van der Waals surface area (Å²) in [4.78, 5) is 57.7. The number of benzene rings is 1. The van der Waals surface area contributed by atoms with Crippen LogP contribution in [0.25, 0.3) is 0 Å². The normalized spacial score (nSPS) is 26.9. The molecule has 1 aromatic rings. The Morgan fingerprint density at radius 2 is 1.45 bits per heavy atom. The number of nitrogens with one attached hydrogen (secondary N) is 5. The molecule has 0 aromatic heterocycles. The number of hydrogen-bond acceptors (Lipinski definition) is 9. The Labute approximate surface area is 370 Å². The van der Waals surface area contributed by atoms with Crippen molar-refractivity contribution in [1.29, 1.82) is 0 Å². The number of nitrogens with zero attached hydrogens (tertiary/aromatic N) is 2. The first-order chi connectivity index (χ1) is 29.6. The van der Waals surface area contributed by atoms with Gasteiger partial charge >= 0.3 is 0 Å². The first-order valence-corrected chi connectivity index (χ1v) is 24.0. The summed E-state index contributed by atoms with van der Waals surface area (Å²) in [6.07, 6.45) is 20.9. The highest BCUT2D eigenvalue weighted by molar-refractivity contribution is 5.80. The first-order valence-electron chi connectivity index (χ1n) is 24.0. The second kappa shape index (κ2) is 23.0. The predicted molar refractivity (Wildman–Crippen MR) is 244 cm³/mol. The van der Waals surface area contributed by atoms with Gasteiger partial charge in [-0.2, -0.15) is 0 Å². The molecule has 3 saturated carbocycles. The van der Waals surface area contributed by atoms with Gasteiger partial charge in [-0.1, -0.05) is 72.0 Å². The van der Waals surface area contributed by atoms with Gasteiger partial charge in [0.25, 0.3) is 11.4 Å². The van der Waals surface area contributed by atoms with Crippen molar-refractivity contribution in [3.63, 3.8) is 0 Å². The van der Waals surface area contributed by atoms with Crippen molar-refractivity contribution in [2.24, 2.45) is 46.3 Å². The molecule has 3 amide bonds. The molecule has 5 N–H and O–H groups in total. The Bertz CT molecular complexity index is 1740.